The Kier molecular flexibility index (Phi) is 8.95. The van der Waals surface area contributed by atoms with Gasteiger partial charge in [0.2, 0.25) is 0 Å². The van der Waals surface area contributed by atoms with Crippen LogP contribution in [0.1, 0.15) is 52.4 Å². The maximum absolute atomic E-state index is 13.6. The van der Waals surface area contributed by atoms with Gasteiger partial charge in [0.05, 0.1) is 13.2 Å². The molecule has 0 unspecified atom stereocenters. The molecule has 0 saturated heterocycles. The first-order chi connectivity index (χ1) is 12.0. The van der Waals surface area contributed by atoms with Gasteiger partial charge in [0.25, 0.3) is 0 Å². The molecule has 0 amide bonds. The summed E-state index contributed by atoms with van der Waals surface area (Å²) >= 11 is 0. The second kappa shape index (κ2) is 9.19. The van der Waals surface area contributed by atoms with Crippen molar-refractivity contribution in [2.75, 3.05) is 13.2 Å². The molecule has 0 heterocycles. The van der Waals surface area contributed by atoms with Gasteiger partial charge in [-0.05, 0) is 18.8 Å². The maximum atomic E-state index is 13.6. The molecule has 0 spiro atoms. The molecule has 0 fully saturated rings. The molecule has 0 rings (SSSR count). The van der Waals surface area contributed by atoms with Crippen LogP contribution in [0.3, 0.4) is 0 Å². The zero-order chi connectivity index (χ0) is 21.7. The molecule has 0 aliphatic heterocycles. The Balaban J connectivity index is 5.23. The molecule has 11 heteroatoms. The van der Waals surface area contributed by atoms with Gasteiger partial charge in [-0.2, -0.15) is 39.5 Å². The molecule has 0 bridgehead atoms. The minimum atomic E-state index is -6.93. The molecule has 0 aliphatic carbocycles. The summed E-state index contributed by atoms with van der Waals surface area (Å²) in [5, 5.41) is 18.7. The van der Waals surface area contributed by atoms with Crippen molar-refractivity contribution < 1.29 is 49.7 Å². The standard InChI is InChI=1S/C16H25F9O2/c1-11(2)5-3-4-6-12(9-26,10-27)7-8-13(17,18)14(19,20)15(21,22)16(23,24)25/h11,26-27H,3-10H2,1-2H3. The Hall–Kier alpha value is -0.710. The van der Waals surface area contributed by atoms with Crippen LogP contribution in [0, 0.1) is 11.3 Å². The van der Waals surface area contributed by atoms with Crippen molar-refractivity contribution >= 4 is 0 Å². The van der Waals surface area contributed by atoms with Gasteiger partial charge in [-0.15, -0.1) is 0 Å². The minimum absolute atomic E-state index is 0.0654. The van der Waals surface area contributed by atoms with Gasteiger partial charge < -0.3 is 10.2 Å². The lowest BCUT2D eigenvalue weighted by atomic mass is 9.78. The molecular formula is C16H25F9O2. The molecule has 0 aliphatic rings. The highest BCUT2D eigenvalue weighted by Gasteiger charge is 2.81. The largest absolute Gasteiger partial charge is 0.460 e. The zero-order valence-electron chi connectivity index (χ0n) is 15.0. The number of rotatable bonds is 12. The molecule has 2 nitrogen and oxygen atoms in total. The Morgan fingerprint density at radius 2 is 1.15 bits per heavy atom. The number of unbranched alkanes of at least 4 members (excludes halogenated alkanes) is 1. The number of hydrogen-bond acceptors (Lipinski definition) is 2. The van der Waals surface area contributed by atoms with E-state index in [9.17, 15) is 49.7 Å². The van der Waals surface area contributed by atoms with Crippen LogP contribution in [0.25, 0.3) is 0 Å². The summed E-state index contributed by atoms with van der Waals surface area (Å²) in [6, 6.07) is 0. The summed E-state index contributed by atoms with van der Waals surface area (Å²) in [7, 11) is 0. The highest BCUT2D eigenvalue weighted by molar-refractivity contribution is 5.01. The normalized spacial score (nSPS) is 14.9. The number of hydrogen-bond donors (Lipinski definition) is 2. The van der Waals surface area contributed by atoms with Crippen molar-refractivity contribution in [3.63, 3.8) is 0 Å². The van der Waals surface area contributed by atoms with E-state index in [1.165, 1.54) is 0 Å². The van der Waals surface area contributed by atoms with Crippen LogP contribution in [0.4, 0.5) is 39.5 Å². The monoisotopic (exact) mass is 420 g/mol. The molecule has 0 saturated carbocycles. The van der Waals surface area contributed by atoms with Crippen molar-refractivity contribution in [3.05, 3.63) is 0 Å². The molecule has 27 heavy (non-hydrogen) atoms. The summed E-state index contributed by atoms with van der Waals surface area (Å²) in [5.74, 6) is -19.0. The van der Waals surface area contributed by atoms with Gasteiger partial charge in [-0.3, -0.25) is 0 Å². The smallest absolute Gasteiger partial charge is 0.396 e. The number of halogens is 9. The third-order valence-corrected chi connectivity index (χ3v) is 4.59. The summed E-state index contributed by atoms with van der Waals surface area (Å²) in [6.07, 6.45) is -8.36. The van der Waals surface area contributed by atoms with E-state index in [2.05, 4.69) is 0 Å². The average molecular weight is 420 g/mol. The fourth-order valence-electron chi connectivity index (χ4n) is 2.53. The van der Waals surface area contributed by atoms with Crippen LogP contribution in [0.15, 0.2) is 0 Å². The van der Waals surface area contributed by atoms with Crippen LogP contribution in [0.2, 0.25) is 0 Å². The van der Waals surface area contributed by atoms with E-state index in [0.717, 1.165) is 6.42 Å². The van der Waals surface area contributed by atoms with Crippen LogP contribution in [-0.2, 0) is 0 Å². The molecule has 0 aromatic rings. The number of alkyl halides is 9. The predicted octanol–water partition coefficient (Wildman–Crippen LogP) is 5.42. The van der Waals surface area contributed by atoms with Crippen LogP contribution < -0.4 is 0 Å². The third-order valence-electron chi connectivity index (χ3n) is 4.59. The highest BCUT2D eigenvalue weighted by Crippen LogP contribution is 2.55. The highest BCUT2D eigenvalue weighted by atomic mass is 19.4. The van der Waals surface area contributed by atoms with Crippen LogP contribution >= 0.6 is 0 Å². The molecule has 2 N–H and O–H groups in total. The number of aliphatic hydroxyl groups is 2. The maximum Gasteiger partial charge on any atom is 0.460 e. The van der Waals surface area contributed by atoms with E-state index in [1.54, 1.807) is 0 Å². The van der Waals surface area contributed by atoms with Crippen molar-refractivity contribution in [1.82, 2.24) is 0 Å². The summed E-state index contributed by atoms with van der Waals surface area (Å²) < 4.78 is 116. The lowest BCUT2D eigenvalue weighted by Crippen LogP contribution is -2.61. The molecule has 0 aromatic heterocycles. The Bertz CT molecular complexity index is 444. The minimum Gasteiger partial charge on any atom is -0.396 e. The lowest BCUT2D eigenvalue weighted by molar-refractivity contribution is -0.397. The topological polar surface area (TPSA) is 40.5 Å². The summed E-state index contributed by atoms with van der Waals surface area (Å²) in [5.41, 5.74) is -1.68. The van der Waals surface area contributed by atoms with Crippen molar-refractivity contribution in [2.45, 2.75) is 76.3 Å². The summed E-state index contributed by atoms with van der Waals surface area (Å²) in [6.45, 7) is 2.02. The molecule has 164 valence electrons. The first kappa shape index (κ1) is 26.3. The molecule has 0 atom stereocenters. The average Bonchev–Trinajstić information content (AvgIpc) is 2.53. The van der Waals surface area contributed by atoms with Crippen molar-refractivity contribution in [2.24, 2.45) is 11.3 Å². The second-order valence-electron chi connectivity index (χ2n) is 7.31. The molecule has 0 aromatic carbocycles. The first-order valence-corrected chi connectivity index (χ1v) is 8.41. The Morgan fingerprint density at radius 1 is 0.667 bits per heavy atom. The quantitative estimate of drug-likeness (QED) is 0.327. The van der Waals surface area contributed by atoms with Crippen LogP contribution in [0.5, 0.6) is 0 Å². The van der Waals surface area contributed by atoms with Crippen LogP contribution in [-0.4, -0.2) is 47.4 Å². The van der Waals surface area contributed by atoms with E-state index in [0.29, 0.717) is 18.8 Å². The van der Waals surface area contributed by atoms with E-state index < -0.39 is 55.4 Å². The summed E-state index contributed by atoms with van der Waals surface area (Å²) in [4.78, 5) is 0. The van der Waals surface area contributed by atoms with E-state index in [-0.39, 0.29) is 6.42 Å². The Morgan fingerprint density at radius 3 is 1.52 bits per heavy atom. The van der Waals surface area contributed by atoms with Gasteiger partial charge in [0, 0.05) is 11.8 Å². The van der Waals surface area contributed by atoms with E-state index >= 15 is 0 Å². The van der Waals surface area contributed by atoms with E-state index in [1.807, 2.05) is 13.8 Å². The van der Waals surface area contributed by atoms with Crippen molar-refractivity contribution in [3.8, 4) is 0 Å². The van der Waals surface area contributed by atoms with E-state index in [4.69, 9.17) is 0 Å². The van der Waals surface area contributed by atoms with Crippen molar-refractivity contribution in [1.29, 1.82) is 0 Å². The van der Waals surface area contributed by atoms with Gasteiger partial charge in [-0.25, -0.2) is 0 Å². The SMILES string of the molecule is CC(C)CCCCC(CO)(CO)CCC(F)(F)C(F)(F)C(F)(F)C(F)(F)F. The van der Waals surface area contributed by atoms with Gasteiger partial charge in [0.15, 0.2) is 0 Å². The molecular weight excluding hydrogens is 395 g/mol. The third kappa shape index (κ3) is 6.13. The predicted molar refractivity (Wildman–Crippen MR) is 80.0 cm³/mol. The zero-order valence-corrected chi connectivity index (χ0v) is 15.0. The molecule has 0 radical (unpaired) electrons. The first-order valence-electron chi connectivity index (χ1n) is 8.41. The van der Waals surface area contributed by atoms with Gasteiger partial charge >= 0.3 is 23.9 Å². The Labute approximate surface area is 151 Å². The van der Waals surface area contributed by atoms with Gasteiger partial charge in [0.1, 0.15) is 0 Å². The fraction of sp³-hybridized carbons (Fsp3) is 1.00. The number of aliphatic hydroxyl groups excluding tert-OH is 2. The van der Waals surface area contributed by atoms with Gasteiger partial charge in [-0.1, -0.05) is 33.1 Å². The second-order valence-corrected chi connectivity index (χ2v) is 7.31. The lowest BCUT2D eigenvalue weighted by Gasteiger charge is -2.36. The fourth-order valence-corrected chi connectivity index (χ4v) is 2.53.